The first-order valence-corrected chi connectivity index (χ1v) is 5.45. The predicted octanol–water partition coefficient (Wildman–Crippen LogP) is -0.208. The third kappa shape index (κ3) is 1.68. The molecule has 0 atom stereocenters. The molecule has 0 radical (unpaired) electrons. The molecule has 6 nitrogen and oxygen atoms in total. The summed E-state index contributed by atoms with van der Waals surface area (Å²) in [5.74, 6) is 2.26. The van der Waals surface area contributed by atoms with Gasteiger partial charge in [-0.1, -0.05) is 18.7 Å². The molecule has 0 aliphatic carbocycles. The Morgan fingerprint density at radius 3 is 3.07 bits per heavy atom. The van der Waals surface area contributed by atoms with Crippen molar-refractivity contribution in [2.75, 3.05) is 22.3 Å². The summed E-state index contributed by atoms with van der Waals surface area (Å²) in [4.78, 5) is 8.51. The number of aromatic nitrogens is 2. The molecular weight excluding hydrogens is 200 g/mol. The van der Waals surface area contributed by atoms with Gasteiger partial charge in [-0.2, -0.15) is 10.4 Å². The minimum Gasteiger partial charge on any atom is -0.382 e. The van der Waals surface area contributed by atoms with Gasteiger partial charge >= 0.3 is 0 Å². The van der Waals surface area contributed by atoms with Crippen LogP contribution in [0.1, 0.15) is 13.3 Å². The largest absolute Gasteiger partial charge is 0.382 e. The zero-order chi connectivity index (χ0) is 9.97. The number of quaternary nitrogens is 1. The molecule has 1 aromatic heterocycles. The number of rotatable bonds is 3. The van der Waals surface area contributed by atoms with Gasteiger partial charge in [0.2, 0.25) is 5.82 Å². The number of nitrogens with zero attached hydrogens (tertiary/aromatic N) is 2. The molecule has 0 aromatic carbocycles. The highest BCUT2D eigenvalue weighted by Gasteiger charge is 2.19. The van der Waals surface area contributed by atoms with Gasteiger partial charge in [0.05, 0.1) is 0 Å². The summed E-state index contributed by atoms with van der Waals surface area (Å²) < 4.78 is 0. The van der Waals surface area contributed by atoms with E-state index in [2.05, 4.69) is 27.7 Å². The Hall–Kier alpha value is -1.21. The van der Waals surface area contributed by atoms with Gasteiger partial charge in [0.25, 0.3) is 0 Å². The van der Waals surface area contributed by atoms with Crippen LogP contribution in [0.15, 0.2) is 5.16 Å². The van der Waals surface area contributed by atoms with Crippen molar-refractivity contribution in [3.05, 3.63) is 0 Å². The molecule has 6 N–H and O–H groups in total. The highest BCUT2D eigenvalue weighted by atomic mass is 32.2. The van der Waals surface area contributed by atoms with Gasteiger partial charge in [0, 0.05) is 5.75 Å². The van der Waals surface area contributed by atoms with Crippen molar-refractivity contribution in [3.63, 3.8) is 0 Å². The third-order valence-electron chi connectivity index (χ3n) is 1.78. The predicted molar refractivity (Wildman–Crippen MR) is 56.6 cm³/mol. The molecule has 0 bridgehead atoms. The van der Waals surface area contributed by atoms with E-state index in [0.717, 1.165) is 28.8 Å². The van der Waals surface area contributed by atoms with Crippen LogP contribution in [-0.2, 0) is 0 Å². The number of nitrogens with one attached hydrogen (secondary N) is 2. The first kappa shape index (κ1) is 9.35. The molecule has 76 valence electrons. The van der Waals surface area contributed by atoms with E-state index < -0.39 is 0 Å². The van der Waals surface area contributed by atoms with E-state index in [1.165, 1.54) is 0 Å². The van der Waals surface area contributed by atoms with Crippen molar-refractivity contribution in [2.45, 2.75) is 18.5 Å². The van der Waals surface area contributed by atoms with Crippen molar-refractivity contribution in [3.8, 4) is 0 Å². The minimum atomic E-state index is 0.495. The number of anilines is 3. The average molecular weight is 213 g/mol. The number of fused-ring (bicyclic) bond motifs is 1. The van der Waals surface area contributed by atoms with Crippen LogP contribution in [0.2, 0.25) is 0 Å². The van der Waals surface area contributed by atoms with Gasteiger partial charge in [-0.15, -0.1) is 5.53 Å². The minimum absolute atomic E-state index is 0.495. The number of hydrogen-bond acceptors (Lipinski definition) is 6. The smallest absolute Gasteiger partial charge is 0.211 e. The summed E-state index contributed by atoms with van der Waals surface area (Å²) in [5, 5.41) is 0.729. The lowest BCUT2D eigenvalue weighted by atomic mass is 10.4. The number of nitrogens with two attached hydrogens (primary N) is 2. The van der Waals surface area contributed by atoms with Gasteiger partial charge in [-0.25, -0.2) is 10.4 Å². The van der Waals surface area contributed by atoms with Gasteiger partial charge in [0.1, 0.15) is 0 Å². The van der Waals surface area contributed by atoms with Crippen LogP contribution in [0.3, 0.4) is 0 Å². The fourth-order valence-corrected chi connectivity index (χ4v) is 1.84. The molecule has 0 spiro atoms. The molecule has 1 aliphatic heterocycles. The first-order chi connectivity index (χ1) is 6.81. The maximum Gasteiger partial charge on any atom is 0.211 e. The average Bonchev–Trinajstić information content (AvgIpc) is 2.63. The van der Waals surface area contributed by atoms with Crippen molar-refractivity contribution < 1.29 is 5.53 Å². The Morgan fingerprint density at radius 2 is 2.29 bits per heavy atom. The van der Waals surface area contributed by atoms with E-state index in [1.807, 2.05) is 0 Å². The van der Waals surface area contributed by atoms with Crippen molar-refractivity contribution in [1.29, 1.82) is 0 Å². The summed E-state index contributed by atoms with van der Waals surface area (Å²) in [6.07, 6.45) is 1.10. The van der Waals surface area contributed by atoms with Crippen molar-refractivity contribution >= 4 is 29.1 Å². The van der Waals surface area contributed by atoms with Gasteiger partial charge < -0.3 is 5.73 Å². The summed E-state index contributed by atoms with van der Waals surface area (Å²) in [6, 6.07) is 0. The second-order valence-corrected chi connectivity index (χ2v) is 3.96. The van der Waals surface area contributed by atoms with E-state index in [-0.39, 0.29) is 0 Å². The van der Waals surface area contributed by atoms with Crippen molar-refractivity contribution in [2.24, 2.45) is 0 Å². The standard InChI is InChI=1S/C7H12N6S/c1-2-3-14-7-9-5(8)4-6(10-7)12-13-11-4/h11,13H,2-3H2,1H3,(H3,8,9,10,12)/p+1. The zero-order valence-electron chi connectivity index (χ0n) is 7.87. The number of hydrogen-bond donors (Lipinski definition) is 4. The molecule has 0 unspecified atom stereocenters. The van der Waals surface area contributed by atoms with Crippen LogP contribution < -0.4 is 22.1 Å². The highest BCUT2D eigenvalue weighted by molar-refractivity contribution is 7.99. The maximum atomic E-state index is 5.76. The van der Waals surface area contributed by atoms with Crippen LogP contribution >= 0.6 is 11.8 Å². The van der Waals surface area contributed by atoms with Crippen LogP contribution in [0.5, 0.6) is 0 Å². The van der Waals surface area contributed by atoms with Crippen molar-refractivity contribution in [1.82, 2.24) is 9.97 Å². The fourth-order valence-electron chi connectivity index (χ4n) is 1.14. The SMILES string of the molecule is CCCSc1nc(N)c2c(n1)N[NH2+]N2. The molecule has 0 saturated carbocycles. The molecule has 14 heavy (non-hydrogen) atoms. The van der Waals surface area contributed by atoms with Crippen LogP contribution in [0.4, 0.5) is 17.3 Å². The van der Waals surface area contributed by atoms with E-state index in [1.54, 1.807) is 17.3 Å². The molecule has 1 aliphatic rings. The lowest BCUT2D eigenvalue weighted by Gasteiger charge is -2.01. The zero-order valence-corrected chi connectivity index (χ0v) is 8.69. The van der Waals surface area contributed by atoms with Gasteiger partial charge in [-0.3, -0.25) is 0 Å². The third-order valence-corrected chi connectivity index (χ3v) is 2.83. The molecular formula is C7H13N6S+. The molecule has 0 fully saturated rings. The Bertz CT molecular complexity index is 341. The Labute approximate surface area is 86.0 Å². The summed E-state index contributed by atoms with van der Waals surface area (Å²) in [6.45, 7) is 2.12. The van der Waals surface area contributed by atoms with E-state index in [0.29, 0.717) is 5.82 Å². The Balaban J connectivity index is 2.23. The van der Waals surface area contributed by atoms with Crippen LogP contribution in [-0.4, -0.2) is 15.7 Å². The monoisotopic (exact) mass is 213 g/mol. The van der Waals surface area contributed by atoms with E-state index in [4.69, 9.17) is 5.73 Å². The lowest BCUT2D eigenvalue weighted by molar-refractivity contribution is -0.588. The van der Waals surface area contributed by atoms with Crippen LogP contribution in [0, 0.1) is 0 Å². The topological polar surface area (TPSA) is 92.5 Å². The maximum absolute atomic E-state index is 5.76. The second-order valence-electron chi connectivity index (χ2n) is 2.90. The van der Waals surface area contributed by atoms with Gasteiger partial charge in [-0.05, 0) is 6.42 Å². The summed E-state index contributed by atoms with van der Waals surface area (Å²) in [5.41, 5.74) is 14.2. The molecule has 7 heteroatoms. The number of nitrogen functional groups attached to an aromatic ring is 3. The molecule has 1 aromatic rings. The highest BCUT2D eigenvalue weighted by Crippen LogP contribution is 2.28. The van der Waals surface area contributed by atoms with E-state index >= 15 is 0 Å². The molecule has 2 rings (SSSR count). The van der Waals surface area contributed by atoms with Gasteiger partial charge in [0.15, 0.2) is 16.7 Å². The second kappa shape index (κ2) is 3.89. The molecule has 0 amide bonds. The molecule has 2 heterocycles. The van der Waals surface area contributed by atoms with E-state index in [9.17, 15) is 0 Å². The lowest BCUT2D eigenvalue weighted by Crippen LogP contribution is -2.89. The van der Waals surface area contributed by atoms with Crippen LogP contribution in [0.25, 0.3) is 0 Å². The Morgan fingerprint density at radius 1 is 1.43 bits per heavy atom. The normalized spacial score (nSPS) is 13.2. The summed E-state index contributed by atoms with van der Waals surface area (Å²) in [7, 11) is 0. The fraction of sp³-hybridized carbons (Fsp3) is 0.429. The molecule has 0 saturated heterocycles. The Kier molecular flexibility index (Phi) is 2.60. The summed E-state index contributed by atoms with van der Waals surface area (Å²) >= 11 is 1.62. The number of thioether (sulfide) groups is 1. The quantitative estimate of drug-likeness (QED) is 0.315. The first-order valence-electron chi connectivity index (χ1n) is 4.46.